The normalized spacial score (nSPS) is 8.42. The molecule has 1 aromatic carbocycles. The van der Waals surface area contributed by atoms with Crippen molar-refractivity contribution in [3.8, 4) is 0 Å². The van der Waals surface area contributed by atoms with E-state index in [1.807, 2.05) is 52.9 Å². The first-order valence-corrected chi connectivity index (χ1v) is 8.66. The SMILES string of the molecule is CC.CC.CC.CCCc1csc2cccc(C)c12. The van der Waals surface area contributed by atoms with E-state index in [9.17, 15) is 0 Å². The van der Waals surface area contributed by atoms with E-state index >= 15 is 0 Å². The zero-order chi connectivity index (χ0) is 15.3. The van der Waals surface area contributed by atoms with Crippen LogP contribution in [0.2, 0.25) is 0 Å². The zero-order valence-electron chi connectivity index (χ0n) is 14.1. The van der Waals surface area contributed by atoms with Gasteiger partial charge in [0.1, 0.15) is 0 Å². The summed E-state index contributed by atoms with van der Waals surface area (Å²) in [4.78, 5) is 0. The molecule has 0 amide bonds. The molecule has 0 radical (unpaired) electrons. The van der Waals surface area contributed by atoms with Crippen LogP contribution in [0.25, 0.3) is 10.1 Å². The molecule has 0 nitrogen and oxygen atoms in total. The molecule has 1 heterocycles. The van der Waals surface area contributed by atoms with Gasteiger partial charge in [-0.05, 0) is 41.3 Å². The highest BCUT2D eigenvalue weighted by Crippen LogP contribution is 2.29. The summed E-state index contributed by atoms with van der Waals surface area (Å²) in [6.07, 6.45) is 2.45. The molecule has 0 atom stereocenters. The third-order valence-corrected chi connectivity index (χ3v) is 3.40. The molecule has 0 N–H and O–H groups in total. The molecular weight excluding hydrogens is 248 g/mol. The Balaban J connectivity index is 0. The molecule has 110 valence electrons. The largest absolute Gasteiger partial charge is 0.144 e. The lowest BCUT2D eigenvalue weighted by Crippen LogP contribution is -1.81. The molecule has 1 heteroatoms. The van der Waals surface area contributed by atoms with Crippen LogP contribution >= 0.6 is 11.3 Å². The third-order valence-electron chi connectivity index (χ3n) is 2.40. The molecule has 0 fully saturated rings. The molecule has 19 heavy (non-hydrogen) atoms. The summed E-state index contributed by atoms with van der Waals surface area (Å²) in [7, 11) is 0. The second-order valence-corrected chi connectivity index (χ2v) is 4.37. The molecule has 0 aliphatic rings. The smallest absolute Gasteiger partial charge is 0.0348 e. The van der Waals surface area contributed by atoms with Crippen molar-refractivity contribution in [2.24, 2.45) is 0 Å². The number of benzene rings is 1. The van der Waals surface area contributed by atoms with Crippen molar-refractivity contribution in [1.29, 1.82) is 0 Å². The number of thiophene rings is 1. The summed E-state index contributed by atoms with van der Waals surface area (Å²) in [5, 5.41) is 3.80. The topological polar surface area (TPSA) is 0 Å². The molecular formula is C18H32S. The van der Waals surface area contributed by atoms with Gasteiger partial charge in [0.25, 0.3) is 0 Å². The lowest BCUT2D eigenvalue weighted by Gasteiger charge is -1.99. The average molecular weight is 281 g/mol. The first-order chi connectivity index (χ1) is 9.33. The Hall–Kier alpha value is -0.820. The highest BCUT2D eigenvalue weighted by molar-refractivity contribution is 7.17. The standard InChI is InChI=1S/C12H14S.3C2H6/c1-3-5-10-8-13-11-7-4-6-9(2)12(10)11;3*1-2/h4,6-8H,3,5H2,1-2H3;3*1-2H3. The zero-order valence-corrected chi connectivity index (χ0v) is 14.9. The predicted molar refractivity (Wildman–Crippen MR) is 94.6 cm³/mol. The third kappa shape index (κ3) is 6.24. The van der Waals surface area contributed by atoms with Crippen molar-refractivity contribution >= 4 is 21.4 Å². The molecule has 0 unspecified atom stereocenters. The van der Waals surface area contributed by atoms with E-state index in [-0.39, 0.29) is 0 Å². The maximum atomic E-state index is 2.31. The lowest BCUT2D eigenvalue weighted by molar-refractivity contribution is 0.932. The maximum Gasteiger partial charge on any atom is 0.0348 e. The highest BCUT2D eigenvalue weighted by atomic mass is 32.1. The molecule has 0 aliphatic heterocycles. The van der Waals surface area contributed by atoms with Gasteiger partial charge in [0.15, 0.2) is 0 Å². The van der Waals surface area contributed by atoms with E-state index in [1.165, 1.54) is 34.1 Å². The number of aryl methyl sites for hydroxylation is 2. The lowest BCUT2D eigenvalue weighted by atomic mass is 10.0. The first kappa shape index (κ1) is 20.5. The monoisotopic (exact) mass is 280 g/mol. The van der Waals surface area contributed by atoms with Crippen LogP contribution in [0.15, 0.2) is 23.6 Å². The van der Waals surface area contributed by atoms with E-state index in [1.54, 1.807) is 0 Å². The number of rotatable bonds is 2. The molecule has 0 aliphatic carbocycles. The molecule has 1 aromatic heterocycles. The summed E-state index contributed by atoms with van der Waals surface area (Å²) in [5.41, 5.74) is 2.95. The summed E-state index contributed by atoms with van der Waals surface area (Å²) < 4.78 is 1.43. The second-order valence-electron chi connectivity index (χ2n) is 3.46. The molecule has 2 rings (SSSR count). The van der Waals surface area contributed by atoms with Gasteiger partial charge in [-0.1, -0.05) is 67.0 Å². The summed E-state index contributed by atoms with van der Waals surface area (Å²) >= 11 is 1.87. The van der Waals surface area contributed by atoms with Crippen LogP contribution in [0.4, 0.5) is 0 Å². The van der Waals surface area contributed by atoms with E-state index < -0.39 is 0 Å². The van der Waals surface area contributed by atoms with Gasteiger partial charge >= 0.3 is 0 Å². The van der Waals surface area contributed by atoms with Gasteiger partial charge < -0.3 is 0 Å². The minimum absolute atomic E-state index is 1.21. The molecule has 0 spiro atoms. The van der Waals surface area contributed by atoms with Crippen molar-refractivity contribution in [2.75, 3.05) is 0 Å². The predicted octanol–water partition coefficient (Wildman–Crippen LogP) is 7.24. The summed E-state index contributed by atoms with van der Waals surface area (Å²) in [6, 6.07) is 6.56. The van der Waals surface area contributed by atoms with Gasteiger partial charge in [0.05, 0.1) is 0 Å². The van der Waals surface area contributed by atoms with Crippen LogP contribution in [0.5, 0.6) is 0 Å². The Morgan fingerprint density at radius 3 is 2.05 bits per heavy atom. The fraction of sp³-hybridized carbons (Fsp3) is 0.556. The van der Waals surface area contributed by atoms with Crippen LogP contribution in [0, 0.1) is 6.92 Å². The average Bonchev–Trinajstić information content (AvgIpc) is 2.91. The van der Waals surface area contributed by atoms with E-state index in [0.29, 0.717) is 0 Å². The van der Waals surface area contributed by atoms with Crippen LogP contribution < -0.4 is 0 Å². The maximum absolute atomic E-state index is 2.31. The van der Waals surface area contributed by atoms with Crippen molar-refractivity contribution in [2.45, 2.75) is 68.2 Å². The van der Waals surface area contributed by atoms with Crippen molar-refractivity contribution < 1.29 is 0 Å². The van der Waals surface area contributed by atoms with Gasteiger partial charge in [-0.25, -0.2) is 0 Å². The Labute approximate surface area is 124 Å². The Morgan fingerprint density at radius 2 is 1.53 bits per heavy atom. The quantitative estimate of drug-likeness (QED) is 0.544. The molecule has 0 saturated heterocycles. The minimum Gasteiger partial charge on any atom is -0.144 e. The van der Waals surface area contributed by atoms with Crippen molar-refractivity contribution in [3.63, 3.8) is 0 Å². The van der Waals surface area contributed by atoms with Gasteiger partial charge in [-0.2, -0.15) is 0 Å². The fourth-order valence-electron chi connectivity index (χ4n) is 1.80. The van der Waals surface area contributed by atoms with Crippen LogP contribution in [-0.2, 0) is 6.42 Å². The number of hydrogen-bond donors (Lipinski definition) is 0. The van der Waals surface area contributed by atoms with Crippen molar-refractivity contribution in [3.05, 3.63) is 34.7 Å². The number of fused-ring (bicyclic) bond motifs is 1. The van der Waals surface area contributed by atoms with Crippen LogP contribution in [-0.4, -0.2) is 0 Å². The van der Waals surface area contributed by atoms with E-state index in [4.69, 9.17) is 0 Å². The second kappa shape index (κ2) is 13.6. The van der Waals surface area contributed by atoms with E-state index in [0.717, 1.165) is 0 Å². The summed E-state index contributed by atoms with van der Waals surface area (Å²) in [5.74, 6) is 0. The van der Waals surface area contributed by atoms with Crippen LogP contribution in [0.1, 0.15) is 66.0 Å². The Morgan fingerprint density at radius 1 is 0.947 bits per heavy atom. The number of hydrogen-bond acceptors (Lipinski definition) is 1. The van der Waals surface area contributed by atoms with Gasteiger partial charge in [0.2, 0.25) is 0 Å². The molecule has 2 aromatic rings. The minimum atomic E-state index is 1.21. The van der Waals surface area contributed by atoms with Gasteiger partial charge in [-0.15, -0.1) is 11.3 Å². The highest BCUT2D eigenvalue weighted by Gasteiger charge is 2.04. The molecule has 0 saturated carbocycles. The van der Waals surface area contributed by atoms with E-state index in [2.05, 4.69) is 37.4 Å². The Bertz CT molecular complexity index is 413. The summed E-state index contributed by atoms with van der Waals surface area (Å²) in [6.45, 7) is 16.4. The van der Waals surface area contributed by atoms with Gasteiger partial charge in [-0.3, -0.25) is 0 Å². The van der Waals surface area contributed by atoms with Crippen molar-refractivity contribution in [1.82, 2.24) is 0 Å². The Kier molecular flexibility index (Phi) is 14.7. The van der Waals surface area contributed by atoms with Crippen LogP contribution in [0.3, 0.4) is 0 Å². The fourth-order valence-corrected chi connectivity index (χ4v) is 2.87. The molecule has 0 bridgehead atoms. The van der Waals surface area contributed by atoms with Gasteiger partial charge in [0, 0.05) is 4.70 Å². The first-order valence-electron chi connectivity index (χ1n) is 7.78.